The molecule has 17 heavy (non-hydrogen) atoms. The van der Waals surface area contributed by atoms with Crippen LogP contribution < -0.4 is 11.1 Å². The molecule has 1 aromatic rings. The first-order valence-corrected chi connectivity index (χ1v) is 6.66. The first kappa shape index (κ1) is 12.6. The van der Waals surface area contributed by atoms with Crippen LogP contribution in [0.2, 0.25) is 5.02 Å². The van der Waals surface area contributed by atoms with E-state index < -0.39 is 0 Å². The Bertz CT molecular complexity index is 381. The lowest BCUT2D eigenvalue weighted by Crippen LogP contribution is -2.32. The van der Waals surface area contributed by atoms with E-state index in [-0.39, 0.29) is 0 Å². The van der Waals surface area contributed by atoms with Gasteiger partial charge in [-0.05, 0) is 36.8 Å². The number of rotatable bonds is 2. The summed E-state index contributed by atoms with van der Waals surface area (Å²) in [6.45, 7) is 4.66. The van der Waals surface area contributed by atoms with E-state index in [1.54, 1.807) is 0 Å². The van der Waals surface area contributed by atoms with E-state index in [1.807, 2.05) is 18.2 Å². The molecule has 1 aromatic carbocycles. The zero-order valence-electron chi connectivity index (χ0n) is 10.6. The second-order valence-electron chi connectivity index (χ2n) is 5.81. The van der Waals surface area contributed by atoms with Crippen molar-refractivity contribution in [3.05, 3.63) is 23.2 Å². The highest BCUT2D eigenvalue weighted by Crippen LogP contribution is 2.38. The lowest BCUT2D eigenvalue weighted by molar-refractivity contribution is 0.229. The van der Waals surface area contributed by atoms with Gasteiger partial charge in [-0.1, -0.05) is 37.9 Å². The van der Waals surface area contributed by atoms with Gasteiger partial charge in [0.25, 0.3) is 0 Å². The zero-order valence-corrected chi connectivity index (χ0v) is 11.3. The maximum atomic E-state index is 6.18. The van der Waals surface area contributed by atoms with Crippen molar-refractivity contribution >= 4 is 23.0 Å². The molecule has 1 unspecified atom stereocenters. The molecule has 0 radical (unpaired) electrons. The topological polar surface area (TPSA) is 38.0 Å². The third-order valence-corrected chi connectivity index (χ3v) is 3.91. The van der Waals surface area contributed by atoms with Crippen molar-refractivity contribution < 1.29 is 0 Å². The van der Waals surface area contributed by atoms with Crippen LogP contribution in [0.15, 0.2) is 18.2 Å². The quantitative estimate of drug-likeness (QED) is 0.770. The number of hydrogen-bond acceptors (Lipinski definition) is 2. The monoisotopic (exact) mass is 252 g/mol. The summed E-state index contributed by atoms with van der Waals surface area (Å²) < 4.78 is 0. The minimum Gasteiger partial charge on any atom is -0.397 e. The summed E-state index contributed by atoms with van der Waals surface area (Å²) in [5, 5.41) is 4.23. The van der Waals surface area contributed by atoms with E-state index in [0.717, 1.165) is 11.4 Å². The van der Waals surface area contributed by atoms with Gasteiger partial charge in [0.1, 0.15) is 0 Å². The van der Waals surface area contributed by atoms with Crippen molar-refractivity contribution in [2.24, 2.45) is 5.41 Å². The van der Waals surface area contributed by atoms with Crippen molar-refractivity contribution in [2.75, 3.05) is 11.1 Å². The molecule has 3 heteroatoms. The molecular formula is C14H21ClN2. The molecule has 1 atom stereocenters. The number of benzene rings is 1. The summed E-state index contributed by atoms with van der Waals surface area (Å²) in [6, 6.07) is 6.14. The summed E-state index contributed by atoms with van der Waals surface area (Å²) in [7, 11) is 0. The van der Waals surface area contributed by atoms with Gasteiger partial charge in [0.2, 0.25) is 0 Å². The van der Waals surface area contributed by atoms with Gasteiger partial charge in [0.15, 0.2) is 0 Å². The van der Waals surface area contributed by atoms with E-state index in [0.29, 0.717) is 16.5 Å². The van der Waals surface area contributed by atoms with Crippen LogP contribution in [0, 0.1) is 5.41 Å². The molecule has 0 aliphatic heterocycles. The molecule has 1 saturated carbocycles. The molecule has 0 amide bonds. The number of nitrogens with two attached hydrogens (primary N) is 1. The van der Waals surface area contributed by atoms with Crippen LogP contribution >= 0.6 is 11.6 Å². The van der Waals surface area contributed by atoms with Gasteiger partial charge in [-0.15, -0.1) is 0 Å². The SMILES string of the molecule is CC1(C)CCCC(Nc2c(N)cccc2Cl)C1. The highest BCUT2D eigenvalue weighted by atomic mass is 35.5. The summed E-state index contributed by atoms with van der Waals surface area (Å²) in [5.74, 6) is 0. The third-order valence-electron chi connectivity index (χ3n) is 3.60. The van der Waals surface area contributed by atoms with E-state index in [9.17, 15) is 0 Å². The first-order valence-electron chi connectivity index (χ1n) is 6.28. The van der Waals surface area contributed by atoms with Gasteiger partial charge >= 0.3 is 0 Å². The normalized spacial score (nSPS) is 23.4. The molecule has 0 saturated heterocycles. The fraction of sp³-hybridized carbons (Fsp3) is 0.571. The summed E-state index contributed by atoms with van der Waals surface area (Å²) in [4.78, 5) is 0. The van der Waals surface area contributed by atoms with Crippen LogP contribution in [0.4, 0.5) is 11.4 Å². The van der Waals surface area contributed by atoms with Gasteiger partial charge in [-0.2, -0.15) is 0 Å². The van der Waals surface area contributed by atoms with Crippen LogP contribution in [-0.2, 0) is 0 Å². The molecule has 2 nitrogen and oxygen atoms in total. The number of nitrogens with one attached hydrogen (secondary N) is 1. The van der Waals surface area contributed by atoms with Crippen molar-refractivity contribution in [1.82, 2.24) is 0 Å². The molecule has 3 N–H and O–H groups in total. The fourth-order valence-corrected chi connectivity index (χ4v) is 2.95. The predicted octanol–water partition coefficient (Wildman–Crippen LogP) is 4.30. The van der Waals surface area contributed by atoms with Crippen LogP contribution in [0.1, 0.15) is 39.5 Å². The third kappa shape index (κ3) is 3.06. The molecule has 94 valence electrons. The summed E-state index contributed by atoms with van der Waals surface area (Å²) in [5.41, 5.74) is 8.02. The lowest BCUT2D eigenvalue weighted by atomic mass is 9.75. The van der Waals surface area contributed by atoms with Crippen LogP contribution in [0.5, 0.6) is 0 Å². The Morgan fingerprint density at radius 1 is 1.41 bits per heavy atom. The smallest absolute Gasteiger partial charge is 0.0765 e. The average molecular weight is 253 g/mol. The molecule has 2 rings (SSSR count). The Morgan fingerprint density at radius 3 is 2.82 bits per heavy atom. The van der Waals surface area contributed by atoms with E-state index >= 15 is 0 Å². The van der Waals surface area contributed by atoms with Gasteiger partial charge in [-0.25, -0.2) is 0 Å². The predicted molar refractivity (Wildman–Crippen MR) is 75.5 cm³/mol. The van der Waals surface area contributed by atoms with E-state index in [1.165, 1.54) is 25.7 Å². The highest BCUT2D eigenvalue weighted by Gasteiger charge is 2.28. The Labute approximate surface area is 109 Å². The number of hydrogen-bond donors (Lipinski definition) is 2. The second-order valence-corrected chi connectivity index (χ2v) is 6.21. The van der Waals surface area contributed by atoms with Crippen LogP contribution in [0.3, 0.4) is 0 Å². The lowest BCUT2D eigenvalue weighted by Gasteiger charge is -2.36. The molecule has 1 aliphatic rings. The summed E-state index contributed by atoms with van der Waals surface area (Å²) >= 11 is 6.18. The Morgan fingerprint density at radius 2 is 2.18 bits per heavy atom. The number of para-hydroxylation sites is 1. The highest BCUT2D eigenvalue weighted by molar-refractivity contribution is 6.33. The van der Waals surface area contributed by atoms with E-state index in [4.69, 9.17) is 17.3 Å². The van der Waals surface area contributed by atoms with Crippen molar-refractivity contribution in [1.29, 1.82) is 0 Å². The Hall–Kier alpha value is -0.890. The van der Waals surface area contributed by atoms with Gasteiger partial charge < -0.3 is 11.1 Å². The van der Waals surface area contributed by atoms with Crippen molar-refractivity contribution in [3.8, 4) is 0 Å². The van der Waals surface area contributed by atoms with Crippen LogP contribution in [0.25, 0.3) is 0 Å². The van der Waals surface area contributed by atoms with Gasteiger partial charge in [-0.3, -0.25) is 0 Å². The maximum Gasteiger partial charge on any atom is 0.0765 e. The van der Waals surface area contributed by atoms with Crippen molar-refractivity contribution in [3.63, 3.8) is 0 Å². The van der Waals surface area contributed by atoms with E-state index in [2.05, 4.69) is 19.2 Å². The molecule has 0 heterocycles. The standard InChI is InChI=1S/C14H21ClN2/c1-14(2)8-4-5-10(9-14)17-13-11(15)6-3-7-12(13)16/h3,6-7,10,17H,4-5,8-9,16H2,1-2H3. The number of anilines is 2. The molecule has 0 aromatic heterocycles. The molecule has 0 spiro atoms. The zero-order chi connectivity index (χ0) is 12.5. The molecule has 0 bridgehead atoms. The summed E-state index contributed by atoms with van der Waals surface area (Å²) in [6.07, 6.45) is 4.96. The molecule has 1 aliphatic carbocycles. The molecule has 1 fully saturated rings. The fourth-order valence-electron chi connectivity index (χ4n) is 2.72. The number of halogens is 1. The molecular weight excluding hydrogens is 232 g/mol. The maximum absolute atomic E-state index is 6.18. The number of nitrogen functional groups attached to an aromatic ring is 1. The van der Waals surface area contributed by atoms with Crippen molar-refractivity contribution in [2.45, 2.75) is 45.6 Å². The minimum absolute atomic E-state index is 0.423. The van der Waals surface area contributed by atoms with Gasteiger partial charge in [0, 0.05) is 6.04 Å². The average Bonchev–Trinajstić information content (AvgIpc) is 2.22. The Balaban J connectivity index is 2.10. The Kier molecular flexibility index (Phi) is 3.53. The largest absolute Gasteiger partial charge is 0.397 e. The minimum atomic E-state index is 0.423. The van der Waals surface area contributed by atoms with Crippen LogP contribution in [-0.4, -0.2) is 6.04 Å². The second kappa shape index (κ2) is 4.77. The van der Waals surface area contributed by atoms with Gasteiger partial charge in [0.05, 0.1) is 16.4 Å². The first-order chi connectivity index (χ1) is 7.98.